The summed E-state index contributed by atoms with van der Waals surface area (Å²) in [5.41, 5.74) is 1.31. The summed E-state index contributed by atoms with van der Waals surface area (Å²) in [6, 6.07) is 8.35. The van der Waals surface area contributed by atoms with Gasteiger partial charge >= 0.3 is 0 Å². The lowest BCUT2D eigenvalue weighted by atomic mass is 10.2. The molecule has 1 heterocycles. The molecule has 0 amide bonds. The smallest absolute Gasteiger partial charge is 0.0679 e. The predicted molar refractivity (Wildman–Crippen MR) is 60.0 cm³/mol. The molecule has 0 saturated carbocycles. The van der Waals surface area contributed by atoms with Crippen LogP contribution in [0.25, 0.3) is 0 Å². The second-order valence-electron chi connectivity index (χ2n) is 3.80. The van der Waals surface area contributed by atoms with Gasteiger partial charge in [-0.25, -0.2) is 0 Å². The fraction of sp³-hybridized carbons (Fsp3) is 0.455. The highest BCUT2D eigenvalue weighted by Gasteiger charge is 2.19. The van der Waals surface area contributed by atoms with Gasteiger partial charge in [-0.15, -0.1) is 0 Å². The maximum Gasteiger partial charge on any atom is 0.0679 e. The van der Waals surface area contributed by atoms with E-state index in [1.54, 1.807) is 0 Å². The van der Waals surface area contributed by atoms with Crippen LogP contribution in [-0.4, -0.2) is 29.2 Å². The molecule has 0 aliphatic carbocycles. The number of nitrogens with zero attached hydrogens (tertiary/aromatic N) is 1. The molecule has 1 saturated heterocycles. The van der Waals surface area contributed by atoms with Gasteiger partial charge in [-0.2, -0.15) is 0 Å². The van der Waals surface area contributed by atoms with Crippen LogP contribution >= 0.6 is 15.9 Å². The molecule has 0 unspecified atom stereocenters. The molecule has 0 aromatic heterocycles. The number of rotatable bonds is 2. The van der Waals surface area contributed by atoms with E-state index in [1.165, 1.54) is 5.56 Å². The zero-order valence-electron chi connectivity index (χ0n) is 7.99. The molecule has 1 N–H and O–H groups in total. The number of aliphatic hydroxyl groups is 1. The van der Waals surface area contributed by atoms with Crippen LogP contribution in [0.1, 0.15) is 12.0 Å². The minimum Gasteiger partial charge on any atom is -0.392 e. The van der Waals surface area contributed by atoms with Crippen molar-refractivity contribution in [2.24, 2.45) is 0 Å². The van der Waals surface area contributed by atoms with Crippen molar-refractivity contribution in [3.63, 3.8) is 0 Å². The molecule has 2 rings (SSSR count). The Morgan fingerprint density at radius 3 is 2.64 bits per heavy atom. The van der Waals surface area contributed by atoms with Crippen molar-refractivity contribution < 1.29 is 5.11 Å². The summed E-state index contributed by atoms with van der Waals surface area (Å²) in [4.78, 5) is 2.29. The Morgan fingerprint density at radius 2 is 2.07 bits per heavy atom. The molecule has 3 heteroatoms. The van der Waals surface area contributed by atoms with Crippen LogP contribution in [-0.2, 0) is 6.54 Å². The molecule has 2 nitrogen and oxygen atoms in total. The third-order valence-electron chi connectivity index (χ3n) is 2.57. The molecule has 0 spiro atoms. The van der Waals surface area contributed by atoms with Crippen molar-refractivity contribution in [1.29, 1.82) is 0 Å². The Labute approximate surface area is 92.7 Å². The SMILES string of the molecule is O[C@@H]1CCN(Cc2ccc(Br)cc2)C1. The topological polar surface area (TPSA) is 23.5 Å². The zero-order valence-corrected chi connectivity index (χ0v) is 9.57. The normalized spacial score (nSPS) is 22.9. The largest absolute Gasteiger partial charge is 0.392 e. The summed E-state index contributed by atoms with van der Waals surface area (Å²) in [7, 11) is 0. The first-order chi connectivity index (χ1) is 6.74. The van der Waals surface area contributed by atoms with Gasteiger partial charge < -0.3 is 5.11 Å². The maximum absolute atomic E-state index is 9.37. The van der Waals surface area contributed by atoms with Gasteiger partial charge in [-0.05, 0) is 24.1 Å². The average molecular weight is 256 g/mol. The van der Waals surface area contributed by atoms with Gasteiger partial charge in [0.1, 0.15) is 0 Å². The van der Waals surface area contributed by atoms with Gasteiger partial charge in [0.05, 0.1) is 6.10 Å². The summed E-state index contributed by atoms with van der Waals surface area (Å²) < 4.78 is 1.11. The van der Waals surface area contributed by atoms with Crippen LogP contribution in [0.5, 0.6) is 0 Å². The molecule has 14 heavy (non-hydrogen) atoms. The fourth-order valence-electron chi connectivity index (χ4n) is 1.80. The monoisotopic (exact) mass is 255 g/mol. The van der Waals surface area contributed by atoms with E-state index >= 15 is 0 Å². The lowest BCUT2D eigenvalue weighted by molar-refractivity contribution is 0.175. The molecule has 1 aliphatic heterocycles. The van der Waals surface area contributed by atoms with E-state index in [0.29, 0.717) is 0 Å². The molecule has 1 fully saturated rings. The summed E-state index contributed by atoms with van der Waals surface area (Å²) in [6.45, 7) is 2.78. The van der Waals surface area contributed by atoms with Gasteiger partial charge in [0.15, 0.2) is 0 Å². The highest BCUT2D eigenvalue weighted by molar-refractivity contribution is 9.10. The van der Waals surface area contributed by atoms with Gasteiger partial charge in [0.2, 0.25) is 0 Å². The highest BCUT2D eigenvalue weighted by atomic mass is 79.9. The first kappa shape index (κ1) is 10.1. The van der Waals surface area contributed by atoms with Gasteiger partial charge in [0.25, 0.3) is 0 Å². The van der Waals surface area contributed by atoms with Crippen LogP contribution in [0.3, 0.4) is 0 Å². The Hall–Kier alpha value is -0.380. The van der Waals surface area contributed by atoms with E-state index in [1.807, 2.05) is 0 Å². The number of benzene rings is 1. The molecule has 1 aromatic rings. The first-order valence-corrected chi connectivity index (χ1v) is 5.68. The molecular formula is C11H14BrNO. The fourth-order valence-corrected chi connectivity index (χ4v) is 2.07. The molecule has 0 bridgehead atoms. The third-order valence-corrected chi connectivity index (χ3v) is 3.10. The van der Waals surface area contributed by atoms with Crippen LogP contribution in [0.2, 0.25) is 0 Å². The quantitative estimate of drug-likeness (QED) is 0.875. The van der Waals surface area contributed by atoms with Crippen molar-refractivity contribution in [3.05, 3.63) is 34.3 Å². The van der Waals surface area contributed by atoms with Crippen LogP contribution in [0.15, 0.2) is 28.7 Å². The minimum atomic E-state index is -0.120. The van der Waals surface area contributed by atoms with Crippen molar-refractivity contribution in [2.75, 3.05) is 13.1 Å². The lowest BCUT2D eigenvalue weighted by Gasteiger charge is -2.14. The van der Waals surface area contributed by atoms with Crippen LogP contribution in [0.4, 0.5) is 0 Å². The Kier molecular flexibility index (Phi) is 3.21. The third kappa shape index (κ3) is 2.56. The van der Waals surface area contributed by atoms with Crippen LogP contribution < -0.4 is 0 Å². The highest BCUT2D eigenvalue weighted by Crippen LogP contribution is 2.15. The average Bonchev–Trinajstić information content (AvgIpc) is 2.56. The van der Waals surface area contributed by atoms with Gasteiger partial charge in [-0.3, -0.25) is 4.90 Å². The second kappa shape index (κ2) is 4.43. The van der Waals surface area contributed by atoms with E-state index < -0.39 is 0 Å². The number of halogens is 1. The summed E-state index contributed by atoms with van der Waals surface area (Å²) in [5.74, 6) is 0. The number of hydrogen-bond acceptors (Lipinski definition) is 2. The zero-order chi connectivity index (χ0) is 9.97. The van der Waals surface area contributed by atoms with Gasteiger partial charge in [-0.1, -0.05) is 28.1 Å². The van der Waals surface area contributed by atoms with Crippen molar-refractivity contribution in [2.45, 2.75) is 19.1 Å². The number of aliphatic hydroxyl groups excluding tert-OH is 1. The summed E-state index contributed by atoms with van der Waals surface area (Å²) in [6.07, 6.45) is 0.793. The van der Waals surface area contributed by atoms with Crippen molar-refractivity contribution in [3.8, 4) is 0 Å². The molecule has 1 aromatic carbocycles. The summed E-state index contributed by atoms with van der Waals surface area (Å²) in [5, 5.41) is 9.37. The van der Waals surface area contributed by atoms with E-state index in [0.717, 1.165) is 30.5 Å². The predicted octanol–water partition coefficient (Wildman–Crippen LogP) is 2.02. The molecule has 1 atom stereocenters. The maximum atomic E-state index is 9.37. The van der Waals surface area contributed by atoms with Crippen LogP contribution in [0, 0.1) is 0 Å². The van der Waals surface area contributed by atoms with Crippen molar-refractivity contribution >= 4 is 15.9 Å². The van der Waals surface area contributed by atoms with E-state index in [4.69, 9.17) is 0 Å². The first-order valence-electron chi connectivity index (χ1n) is 4.89. The molecule has 1 aliphatic rings. The minimum absolute atomic E-state index is 0.120. The summed E-state index contributed by atoms with van der Waals surface area (Å²) >= 11 is 3.41. The van der Waals surface area contributed by atoms with Crippen molar-refractivity contribution in [1.82, 2.24) is 4.90 Å². The molecular weight excluding hydrogens is 242 g/mol. The number of β-amino-alcohol motifs (C(OH)–C–C–N with tert-alkyl or cyclic N) is 1. The lowest BCUT2D eigenvalue weighted by Crippen LogP contribution is -2.21. The number of likely N-dealkylation sites (tertiary alicyclic amines) is 1. The van der Waals surface area contributed by atoms with E-state index in [-0.39, 0.29) is 6.10 Å². The Bertz CT molecular complexity index is 299. The Morgan fingerprint density at radius 1 is 1.36 bits per heavy atom. The van der Waals surface area contributed by atoms with E-state index in [2.05, 4.69) is 45.1 Å². The standard InChI is InChI=1S/C11H14BrNO/c12-10-3-1-9(2-4-10)7-13-6-5-11(14)8-13/h1-4,11,14H,5-8H2/t11-/m1/s1. The number of hydrogen-bond donors (Lipinski definition) is 1. The second-order valence-corrected chi connectivity index (χ2v) is 4.72. The van der Waals surface area contributed by atoms with E-state index in [9.17, 15) is 5.11 Å². The molecule has 0 radical (unpaired) electrons. The molecule has 76 valence electrons. The van der Waals surface area contributed by atoms with Gasteiger partial charge in [0, 0.05) is 24.1 Å². The Balaban J connectivity index is 1.94.